The van der Waals surface area contributed by atoms with Crippen LogP contribution in [0.25, 0.3) is 0 Å². The number of halogens is 1. The van der Waals surface area contributed by atoms with E-state index in [4.69, 9.17) is 11.1 Å². The maximum atomic E-state index is 7.58. The third-order valence-corrected chi connectivity index (χ3v) is 3.78. The fourth-order valence-corrected chi connectivity index (χ4v) is 2.74. The van der Waals surface area contributed by atoms with E-state index >= 15 is 0 Å². The lowest BCUT2D eigenvalue weighted by Crippen LogP contribution is -2.12. The molecule has 0 aliphatic carbocycles. The Hall–Kier alpha value is -1.26. The van der Waals surface area contributed by atoms with Crippen molar-refractivity contribution in [1.82, 2.24) is 0 Å². The fraction of sp³-hybridized carbons (Fsp3) is 0. The van der Waals surface area contributed by atoms with Gasteiger partial charge >= 0.3 is 0 Å². The van der Waals surface area contributed by atoms with Crippen molar-refractivity contribution in [2.45, 2.75) is 9.79 Å². The highest BCUT2D eigenvalue weighted by atomic mass is 79.9. The Morgan fingerprint density at radius 2 is 1.82 bits per heavy atom. The van der Waals surface area contributed by atoms with Crippen molar-refractivity contribution in [2.75, 3.05) is 0 Å². The van der Waals surface area contributed by atoms with Crippen LogP contribution in [0.15, 0.2) is 62.8 Å². The number of rotatable bonds is 3. The molecule has 17 heavy (non-hydrogen) atoms. The molecule has 2 aromatic carbocycles. The van der Waals surface area contributed by atoms with Gasteiger partial charge in [-0.15, -0.1) is 0 Å². The molecule has 0 atom stereocenters. The molecule has 86 valence electrons. The number of nitrogens with one attached hydrogen (secondary N) is 1. The molecule has 0 amide bonds. The average molecular weight is 307 g/mol. The molecule has 0 aliphatic heterocycles. The van der Waals surface area contributed by atoms with E-state index in [1.165, 1.54) is 0 Å². The Morgan fingerprint density at radius 1 is 1.12 bits per heavy atom. The zero-order valence-electron chi connectivity index (χ0n) is 8.98. The van der Waals surface area contributed by atoms with E-state index in [0.29, 0.717) is 0 Å². The molecular weight excluding hydrogens is 296 g/mol. The summed E-state index contributed by atoms with van der Waals surface area (Å²) >= 11 is 5.00. The Labute approximate surface area is 113 Å². The van der Waals surface area contributed by atoms with Crippen molar-refractivity contribution in [3.8, 4) is 0 Å². The maximum Gasteiger partial charge on any atom is 0.123 e. The maximum absolute atomic E-state index is 7.58. The minimum atomic E-state index is 0.0877. The highest BCUT2D eigenvalue weighted by Gasteiger charge is 2.07. The first-order chi connectivity index (χ1) is 8.16. The quantitative estimate of drug-likeness (QED) is 0.668. The van der Waals surface area contributed by atoms with Gasteiger partial charge in [0, 0.05) is 19.8 Å². The van der Waals surface area contributed by atoms with E-state index in [1.807, 2.05) is 48.5 Å². The van der Waals surface area contributed by atoms with Crippen LogP contribution in [-0.2, 0) is 0 Å². The molecule has 0 spiro atoms. The summed E-state index contributed by atoms with van der Waals surface area (Å²) in [5.41, 5.74) is 6.34. The van der Waals surface area contributed by atoms with Crippen LogP contribution >= 0.6 is 27.7 Å². The van der Waals surface area contributed by atoms with E-state index in [1.54, 1.807) is 11.8 Å². The summed E-state index contributed by atoms with van der Waals surface area (Å²) in [6.07, 6.45) is 0. The van der Waals surface area contributed by atoms with Crippen molar-refractivity contribution in [2.24, 2.45) is 5.73 Å². The van der Waals surface area contributed by atoms with Crippen LogP contribution in [0.4, 0.5) is 0 Å². The average Bonchev–Trinajstić information content (AvgIpc) is 2.32. The molecule has 0 aromatic heterocycles. The van der Waals surface area contributed by atoms with Crippen molar-refractivity contribution < 1.29 is 0 Å². The second-order valence-corrected chi connectivity index (χ2v) is 5.50. The van der Waals surface area contributed by atoms with Crippen LogP contribution in [0.3, 0.4) is 0 Å². The summed E-state index contributed by atoms with van der Waals surface area (Å²) in [5, 5.41) is 7.58. The second kappa shape index (κ2) is 5.38. The minimum Gasteiger partial charge on any atom is -0.384 e. The summed E-state index contributed by atoms with van der Waals surface area (Å²) in [7, 11) is 0. The highest BCUT2D eigenvalue weighted by Crippen LogP contribution is 2.31. The van der Waals surface area contributed by atoms with Crippen LogP contribution in [0, 0.1) is 5.41 Å². The summed E-state index contributed by atoms with van der Waals surface area (Å²) in [6, 6.07) is 15.8. The van der Waals surface area contributed by atoms with Gasteiger partial charge in [-0.1, -0.05) is 45.9 Å². The third-order valence-electron chi connectivity index (χ3n) is 2.20. The Kier molecular flexibility index (Phi) is 3.86. The molecule has 3 N–H and O–H groups in total. The monoisotopic (exact) mass is 306 g/mol. The standard InChI is InChI=1S/C13H11BrN2S/c14-9-6-7-12(11(8-9)13(15)16)17-10-4-2-1-3-5-10/h1-8H,(H3,15,16). The molecule has 0 bridgehead atoms. The Bertz CT molecular complexity index is 540. The number of hydrogen-bond donors (Lipinski definition) is 2. The minimum absolute atomic E-state index is 0.0877. The summed E-state index contributed by atoms with van der Waals surface area (Å²) < 4.78 is 0.931. The van der Waals surface area contributed by atoms with Gasteiger partial charge in [0.1, 0.15) is 5.84 Å². The Morgan fingerprint density at radius 3 is 2.47 bits per heavy atom. The number of amidine groups is 1. The number of nitrogen functional groups attached to an aromatic ring is 1. The topological polar surface area (TPSA) is 49.9 Å². The largest absolute Gasteiger partial charge is 0.384 e. The summed E-state index contributed by atoms with van der Waals surface area (Å²) in [6.45, 7) is 0. The fourth-order valence-electron chi connectivity index (χ4n) is 1.42. The molecule has 4 heteroatoms. The first-order valence-corrected chi connectivity index (χ1v) is 6.64. The zero-order chi connectivity index (χ0) is 12.3. The van der Waals surface area contributed by atoms with Crippen molar-refractivity contribution >= 4 is 33.5 Å². The molecule has 0 fully saturated rings. The van der Waals surface area contributed by atoms with E-state index in [0.717, 1.165) is 19.8 Å². The summed E-state index contributed by atoms with van der Waals surface area (Å²) in [4.78, 5) is 2.13. The highest BCUT2D eigenvalue weighted by molar-refractivity contribution is 9.10. The van der Waals surface area contributed by atoms with Gasteiger partial charge in [-0.05, 0) is 30.3 Å². The van der Waals surface area contributed by atoms with E-state index in [2.05, 4.69) is 15.9 Å². The molecule has 0 aliphatic rings. The molecule has 2 nitrogen and oxygen atoms in total. The van der Waals surface area contributed by atoms with E-state index in [-0.39, 0.29) is 5.84 Å². The van der Waals surface area contributed by atoms with Crippen LogP contribution < -0.4 is 5.73 Å². The van der Waals surface area contributed by atoms with Gasteiger partial charge in [0.2, 0.25) is 0 Å². The first-order valence-electron chi connectivity index (χ1n) is 5.03. The predicted octanol–water partition coefficient (Wildman–Crippen LogP) is 3.88. The van der Waals surface area contributed by atoms with Crippen LogP contribution in [-0.4, -0.2) is 5.84 Å². The van der Waals surface area contributed by atoms with Crippen molar-refractivity contribution in [3.63, 3.8) is 0 Å². The predicted molar refractivity (Wildman–Crippen MR) is 75.7 cm³/mol. The molecule has 0 heterocycles. The van der Waals surface area contributed by atoms with E-state index in [9.17, 15) is 0 Å². The molecule has 0 saturated heterocycles. The zero-order valence-corrected chi connectivity index (χ0v) is 11.4. The molecule has 2 rings (SSSR count). The smallest absolute Gasteiger partial charge is 0.123 e. The van der Waals surface area contributed by atoms with Crippen LogP contribution in [0.1, 0.15) is 5.56 Å². The molecule has 2 aromatic rings. The molecule has 0 radical (unpaired) electrons. The number of hydrogen-bond acceptors (Lipinski definition) is 2. The molecule has 0 unspecified atom stereocenters. The third kappa shape index (κ3) is 3.11. The van der Waals surface area contributed by atoms with Gasteiger partial charge in [0.25, 0.3) is 0 Å². The van der Waals surface area contributed by atoms with Gasteiger partial charge in [-0.3, -0.25) is 5.41 Å². The van der Waals surface area contributed by atoms with Gasteiger partial charge in [-0.2, -0.15) is 0 Å². The van der Waals surface area contributed by atoms with Crippen molar-refractivity contribution in [1.29, 1.82) is 5.41 Å². The SMILES string of the molecule is N=C(N)c1cc(Br)ccc1Sc1ccccc1. The molecular formula is C13H11BrN2S. The second-order valence-electron chi connectivity index (χ2n) is 3.47. The molecule has 0 saturated carbocycles. The Balaban J connectivity index is 2.36. The van der Waals surface area contributed by atoms with Gasteiger partial charge < -0.3 is 5.73 Å². The lowest BCUT2D eigenvalue weighted by Gasteiger charge is -2.08. The van der Waals surface area contributed by atoms with Crippen LogP contribution in [0.2, 0.25) is 0 Å². The first kappa shape index (κ1) is 12.2. The summed E-state index contributed by atoms with van der Waals surface area (Å²) in [5.74, 6) is 0.0877. The van der Waals surface area contributed by atoms with Gasteiger partial charge in [0.15, 0.2) is 0 Å². The number of nitrogens with two attached hydrogens (primary N) is 1. The van der Waals surface area contributed by atoms with Gasteiger partial charge in [-0.25, -0.2) is 0 Å². The lowest BCUT2D eigenvalue weighted by atomic mass is 10.2. The lowest BCUT2D eigenvalue weighted by molar-refractivity contribution is 1.32. The van der Waals surface area contributed by atoms with E-state index < -0.39 is 0 Å². The van der Waals surface area contributed by atoms with Crippen molar-refractivity contribution in [3.05, 3.63) is 58.6 Å². The van der Waals surface area contributed by atoms with Gasteiger partial charge in [0.05, 0.1) is 0 Å². The van der Waals surface area contributed by atoms with Crippen LogP contribution in [0.5, 0.6) is 0 Å². The number of benzene rings is 2. The normalized spacial score (nSPS) is 10.2.